The average Bonchev–Trinajstić information content (AvgIpc) is 1.80. The molecule has 0 fully saturated rings. The normalized spacial score (nSPS) is 10.0. The summed E-state index contributed by atoms with van der Waals surface area (Å²) in [5.74, 6) is -0.264. The van der Waals surface area contributed by atoms with Crippen LogP contribution < -0.4 is 5.19 Å². The molecule has 0 aromatic heterocycles. The van der Waals surface area contributed by atoms with Crippen molar-refractivity contribution in [2.24, 2.45) is 0 Å². The largest absolute Gasteiger partial charge is 0.207 e. The number of hydrogen-bond acceptors (Lipinski definition) is 0. The summed E-state index contributed by atoms with van der Waals surface area (Å²) < 4.78 is 12.3. The van der Waals surface area contributed by atoms with Crippen molar-refractivity contribution in [2.75, 3.05) is 0 Å². The molecule has 0 aliphatic rings. The summed E-state index contributed by atoms with van der Waals surface area (Å²) in [5, 5.41) is 1.58. The quantitative estimate of drug-likeness (QED) is 0.484. The minimum Gasteiger partial charge on any atom is -0.207 e. The summed E-state index contributed by atoms with van der Waals surface area (Å²) in [5.41, 5.74) is 0. The van der Waals surface area contributed by atoms with E-state index in [1.807, 2.05) is 0 Å². The highest BCUT2D eigenvalue weighted by Crippen LogP contribution is 2.05. The zero-order valence-electron chi connectivity index (χ0n) is 4.99. The van der Waals surface area contributed by atoms with E-state index in [0.717, 1.165) is 15.4 Å². The number of halogens is 2. The van der Waals surface area contributed by atoms with Crippen LogP contribution in [0.25, 0.3) is 0 Å². The lowest BCUT2D eigenvalue weighted by Gasteiger charge is -1.93. The van der Waals surface area contributed by atoms with Crippen LogP contribution in [0.4, 0.5) is 4.39 Å². The first kappa shape index (κ1) is 6.77. The summed E-state index contributed by atoms with van der Waals surface area (Å²) >= 11 is 5.61. The molecule has 0 aliphatic heterocycles. The molecule has 0 saturated heterocycles. The second-order valence-electron chi connectivity index (χ2n) is 1.89. The maximum Gasteiger partial charge on any atom is 0.124 e. The van der Waals surface area contributed by atoms with Gasteiger partial charge in [0, 0.05) is 15.3 Å². The van der Waals surface area contributed by atoms with Crippen molar-refractivity contribution in [1.29, 1.82) is 0 Å². The molecule has 1 rings (SSSR count). The lowest BCUT2D eigenvalue weighted by molar-refractivity contribution is 0.628. The van der Waals surface area contributed by atoms with Crippen LogP contribution in [0, 0.1) is 5.82 Å². The van der Waals surface area contributed by atoms with Gasteiger partial charge in [0.2, 0.25) is 0 Å². The van der Waals surface area contributed by atoms with Crippen molar-refractivity contribution >= 4 is 27.0 Å². The molecular weight excluding hydrogens is 155 g/mol. The number of rotatable bonds is 0. The van der Waals surface area contributed by atoms with Gasteiger partial charge >= 0.3 is 0 Å². The third kappa shape index (κ3) is 1.53. The molecule has 0 unspecified atom stereocenters. The van der Waals surface area contributed by atoms with Gasteiger partial charge in [-0.3, -0.25) is 0 Å². The van der Waals surface area contributed by atoms with E-state index in [-0.39, 0.29) is 5.82 Å². The first-order valence-electron chi connectivity index (χ1n) is 2.62. The van der Waals surface area contributed by atoms with E-state index in [4.69, 9.17) is 11.6 Å². The lowest BCUT2D eigenvalue weighted by atomic mass is 10.3. The molecule has 0 heterocycles. The monoisotopic (exact) mass is 160 g/mol. The van der Waals surface area contributed by atoms with Crippen LogP contribution in [0.5, 0.6) is 0 Å². The molecule has 0 saturated carbocycles. The molecule has 0 aliphatic carbocycles. The molecule has 1 aromatic rings. The molecule has 0 amide bonds. The summed E-state index contributed by atoms with van der Waals surface area (Å²) in [4.78, 5) is 0. The predicted octanol–water partition coefficient (Wildman–Crippen LogP) is 0.470. The Morgan fingerprint density at radius 1 is 1.44 bits per heavy atom. The van der Waals surface area contributed by atoms with Gasteiger partial charge in [-0.2, -0.15) is 0 Å². The van der Waals surface area contributed by atoms with Crippen LogP contribution in [0.3, 0.4) is 0 Å². The van der Waals surface area contributed by atoms with Gasteiger partial charge in [-0.15, -0.1) is 0 Å². The standard InChI is InChI=1S/C6H6ClFSi/c7-5-3-4(8)1-2-6(5)9/h1-3H,9H3. The highest BCUT2D eigenvalue weighted by molar-refractivity contribution is 6.44. The Morgan fingerprint density at radius 3 is 2.56 bits per heavy atom. The molecule has 0 atom stereocenters. The van der Waals surface area contributed by atoms with E-state index >= 15 is 0 Å². The molecule has 0 spiro atoms. The second kappa shape index (κ2) is 2.50. The fraction of sp³-hybridized carbons (Fsp3) is 0. The Bertz CT molecular complexity index is 224. The van der Waals surface area contributed by atoms with Gasteiger partial charge < -0.3 is 0 Å². The SMILES string of the molecule is Fc1ccc([SiH3])c(Cl)c1. The van der Waals surface area contributed by atoms with E-state index in [0.29, 0.717) is 5.02 Å². The lowest BCUT2D eigenvalue weighted by Crippen LogP contribution is -2.02. The summed E-state index contributed by atoms with van der Waals surface area (Å²) in [6.07, 6.45) is 0. The molecule has 0 nitrogen and oxygen atoms in total. The van der Waals surface area contributed by atoms with E-state index in [1.165, 1.54) is 12.1 Å². The Morgan fingerprint density at radius 2 is 2.11 bits per heavy atom. The molecule has 1 aromatic carbocycles. The summed E-state index contributed by atoms with van der Waals surface area (Å²) in [6, 6.07) is 4.47. The van der Waals surface area contributed by atoms with Gasteiger partial charge in [0.1, 0.15) is 5.82 Å². The van der Waals surface area contributed by atoms with Crippen LogP contribution in [0.15, 0.2) is 18.2 Å². The van der Waals surface area contributed by atoms with Crippen LogP contribution in [0.2, 0.25) is 5.02 Å². The number of hydrogen-bond donors (Lipinski definition) is 0. The zero-order chi connectivity index (χ0) is 6.85. The maximum absolute atomic E-state index is 12.3. The van der Waals surface area contributed by atoms with Gasteiger partial charge in [-0.1, -0.05) is 22.9 Å². The highest BCUT2D eigenvalue weighted by Gasteiger charge is 1.93. The van der Waals surface area contributed by atoms with Crippen molar-refractivity contribution in [1.82, 2.24) is 0 Å². The Balaban J connectivity index is 3.17. The van der Waals surface area contributed by atoms with Gasteiger partial charge in [-0.25, -0.2) is 4.39 Å². The molecule has 0 radical (unpaired) electrons. The first-order valence-corrected chi connectivity index (χ1v) is 3.99. The van der Waals surface area contributed by atoms with E-state index < -0.39 is 0 Å². The smallest absolute Gasteiger partial charge is 0.124 e. The van der Waals surface area contributed by atoms with Crippen LogP contribution in [-0.4, -0.2) is 10.2 Å². The van der Waals surface area contributed by atoms with Gasteiger partial charge in [0.25, 0.3) is 0 Å². The molecule has 3 heteroatoms. The minimum atomic E-state index is -0.264. The fourth-order valence-corrected chi connectivity index (χ4v) is 1.05. The Hall–Kier alpha value is -0.343. The van der Waals surface area contributed by atoms with Gasteiger partial charge in [-0.05, 0) is 12.1 Å². The Labute approximate surface area is 61.1 Å². The van der Waals surface area contributed by atoms with Gasteiger partial charge in [0.15, 0.2) is 0 Å². The minimum absolute atomic E-state index is 0.264. The second-order valence-corrected chi connectivity index (χ2v) is 3.38. The zero-order valence-corrected chi connectivity index (χ0v) is 7.74. The van der Waals surface area contributed by atoms with Gasteiger partial charge in [0.05, 0.1) is 0 Å². The van der Waals surface area contributed by atoms with Crippen LogP contribution >= 0.6 is 11.6 Å². The topological polar surface area (TPSA) is 0 Å². The third-order valence-corrected chi connectivity index (χ3v) is 2.73. The maximum atomic E-state index is 12.3. The highest BCUT2D eigenvalue weighted by atomic mass is 35.5. The van der Waals surface area contributed by atoms with Crippen LogP contribution in [0.1, 0.15) is 0 Å². The predicted molar refractivity (Wildman–Crippen MR) is 41.0 cm³/mol. The van der Waals surface area contributed by atoms with Crippen molar-refractivity contribution in [2.45, 2.75) is 0 Å². The Kier molecular flexibility index (Phi) is 1.88. The third-order valence-electron chi connectivity index (χ3n) is 1.13. The van der Waals surface area contributed by atoms with E-state index in [2.05, 4.69) is 0 Å². The van der Waals surface area contributed by atoms with E-state index in [1.54, 1.807) is 6.07 Å². The molecule has 48 valence electrons. The summed E-state index contributed by atoms with van der Waals surface area (Å²) in [6.45, 7) is 0. The van der Waals surface area contributed by atoms with Crippen LogP contribution in [-0.2, 0) is 0 Å². The first-order chi connectivity index (χ1) is 4.20. The fourth-order valence-electron chi connectivity index (χ4n) is 0.567. The number of benzene rings is 1. The van der Waals surface area contributed by atoms with Crippen molar-refractivity contribution in [3.8, 4) is 0 Å². The summed E-state index contributed by atoms with van der Waals surface area (Å²) in [7, 11) is 0.875. The molecular formula is C6H6ClFSi. The average molecular weight is 161 g/mol. The van der Waals surface area contributed by atoms with E-state index in [9.17, 15) is 4.39 Å². The van der Waals surface area contributed by atoms with Crippen molar-refractivity contribution in [3.63, 3.8) is 0 Å². The molecule has 0 N–H and O–H groups in total. The molecule has 0 bridgehead atoms. The van der Waals surface area contributed by atoms with Crippen molar-refractivity contribution in [3.05, 3.63) is 29.0 Å². The van der Waals surface area contributed by atoms with Crippen molar-refractivity contribution < 1.29 is 4.39 Å². The molecule has 9 heavy (non-hydrogen) atoms.